The van der Waals surface area contributed by atoms with Crippen LogP contribution in [-0.2, 0) is 4.79 Å². The van der Waals surface area contributed by atoms with E-state index in [2.05, 4.69) is 5.16 Å². The van der Waals surface area contributed by atoms with E-state index < -0.39 is 5.97 Å². The molecule has 1 heterocycles. The maximum atomic E-state index is 10.8. The van der Waals surface area contributed by atoms with Crippen LogP contribution < -0.4 is 0 Å². The molecular formula is C12H11NO3. The van der Waals surface area contributed by atoms with Crippen molar-refractivity contribution in [3.05, 3.63) is 53.9 Å². The second kappa shape index (κ2) is 4.61. The number of carboxylic acids is 1. The maximum absolute atomic E-state index is 10.8. The zero-order valence-electron chi connectivity index (χ0n) is 8.54. The highest BCUT2D eigenvalue weighted by atomic mass is 16.5. The van der Waals surface area contributed by atoms with Gasteiger partial charge in [0, 0.05) is 12.0 Å². The zero-order chi connectivity index (χ0) is 11.4. The fourth-order valence-electron chi connectivity index (χ4n) is 1.65. The van der Waals surface area contributed by atoms with Crippen LogP contribution in [0, 0.1) is 0 Å². The molecule has 0 aliphatic heterocycles. The number of benzene rings is 1. The van der Waals surface area contributed by atoms with Crippen molar-refractivity contribution < 1.29 is 14.4 Å². The molecule has 16 heavy (non-hydrogen) atoms. The molecule has 1 N–H and O–H groups in total. The maximum Gasteiger partial charge on any atom is 0.304 e. The lowest BCUT2D eigenvalue weighted by molar-refractivity contribution is -0.137. The molecule has 0 saturated carbocycles. The molecule has 1 unspecified atom stereocenters. The fourth-order valence-corrected chi connectivity index (χ4v) is 1.65. The molecule has 0 fully saturated rings. The number of aromatic nitrogens is 1. The van der Waals surface area contributed by atoms with E-state index in [1.807, 2.05) is 30.3 Å². The van der Waals surface area contributed by atoms with E-state index in [-0.39, 0.29) is 12.3 Å². The number of hydrogen-bond acceptors (Lipinski definition) is 3. The van der Waals surface area contributed by atoms with E-state index in [0.717, 1.165) is 5.56 Å². The van der Waals surface area contributed by atoms with Gasteiger partial charge in [-0.05, 0) is 5.56 Å². The third-order valence-corrected chi connectivity index (χ3v) is 2.40. The molecule has 0 amide bonds. The lowest BCUT2D eigenvalue weighted by Crippen LogP contribution is -2.08. The highest BCUT2D eigenvalue weighted by molar-refractivity contribution is 5.68. The average Bonchev–Trinajstić information content (AvgIpc) is 2.80. The van der Waals surface area contributed by atoms with Gasteiger partial charge in [0.1, 0.15) is 6.26 Å². The number of nitrogens with zero attached hydrogens (tertiary/aromatic N) is 1. The van der Waals surface area contributed by atoms with E-state index in [9.17, 15) is 4.79 Å². The Bertz CT molecular complexity index is 450. The smallest absolute Gasteiger partial charge is 0.304 e. The minimum atomic E-state index is -0.850. The molecule has 0 aliphatic rings. The molecule has 4 heteroatoms. The van der Waals surface area contributed by atoms with Gasteiger partial charge in [0.05, 0.1) is 12.1 Å². The largest absolute Gasteiger partial charge is 0.481 e. The predicted molar refractivity (Wildman–Crippen MR) is 57.0 cm³/mol. The van der Waals surface area contributed by atoms with Crippen LogP contribution in [-0.4, -0.2) is 16.2 Å². The van der Waals surface area contributed by atoms with Crippen LogP contribution in [0.1, 0.15) is 23.6 Å². The SMILES string of the molecule is O=C(O)CC(c1ccccc1)c1ccon1. The molecule has 2 aromatic rings. The van der Waals surface area contributed by atoms with Gasteiger partial charge in [0.2, 0.25) is 0 Å². The molecule has 2 rings (SSSR count). The summed E-state index contributed by atoms with van der Waals surface area (Å²) in [7, 11) is 0. The highest BCUT2D eigenvalue weighted by Crippen LogP contribution is 2.26. The Kier molecular flexibility index (Phi) is 3.00. The molecule has 0 saturated heterocycles. The average molecular weight is 217 g/mol. The number of carboxylic acid groups (broad SMARTS) is 1. The van der Waals surface area contributed by atoms with Crippen molar-refractivity contribution in [2.75, 3.05) is 0 Å². The summed E-state index contributed by atoms with van der Waals surface area (Å²) < 4.78 is 4.76. The number of hydrogen-bond donors (Lipinski definition) is 1. The Morgan fingerprint density at radius 2 is 2.06 bits per heavy atom. The van der Waals surface area contributed by atoms with Gasteiger partial charge in [-0.3, -0.25) is 4.79 Å². The number of carbonyl (C=O) groups is 1. The van der Waals surface area contributed by atoms with Gasteiger partial charge < -0.3 is 9.63 Å². The first-order valence-electron chi connectivity index (χ1n) is 4.94. The van der Waals surface area contributed by atoms with Crippen molar-refractivity contribution in [3.8, 4) is 0 Å². The lowest BCUT2D eigenvalue weighted by Gasteiger charge is -2.11. The fraction of sp³-hybridized carbons (Fsp3) is 0.167. The summed E-state index contributed by atoms with van der Waals surface area (Å²) in [5.74, 6) is -1.10. The lowest BCUT2D eigenvalue weighted by atomic mass is 9.93. The monoisotopic (exact) mass is 217 g/mol. The van der Waals surface area contributed by atoms with Crippen molar-refractivity contribution in [3.63, 3.8) is 0 Å². The predicted octanol–water partition coefficient (Wildman–Crippen LogP) is 2.28. The second-order valence-corrected chi connectivity index (χ2v) is 3.49. The van der Waals surface area contributed by atoms with Gasteiger partial charge in [-0.2, -0.15) is 0 Å². The first-order valence-corrected chi connectivity index (χ1v) is 4.94. The Morgan fingerprint density at radius 1 is 1.31 bits per heavy atom. The summed E-state index contributed by atoms with van der Waals surface area (Å²) in [6.45, 7) is 0. The summed E-state index contributed by atoms with van der Waals surface area (Å²) in [5.41, 5.74) is 1.58. The van der Waals surface area contributed by atoms with E-state index in [1.165, 1.54) is 6.26 Å². The molecule has 0 spiro atoms. The summed E-state index contributed by atoms with van der Waals surface area (Å²) in [5, 5.41) is 12.7. The standard InChI is InChI=1S/C12H11NO3/c14-12(15)8-10(11-6-7-16-13-11)9-4-2-1-3-5-9/h1-7,10H,8H2,(H,14,15). The van der Waals surface area contributed by atoms with Gasteiger partial charge in [-0.15, -0.1) is 0 Å². The number of rotatable bonds is 4. The van der Waals surface area contributed by atoms with Gasteiger partial charge in [0.25, 0.3) is 0 Å². The van der Waals surface area contributed by atoms with Gasteiger partial charge in [-0.1, -0.05) is 35.5 Å². The summed E-state index contributed by atoms with van der Waals surface area (Å²) in [6.07, 6.45) is 1.46. The molecule has 82 valence electrons. The Labute approximate surface area is 92.5 Å². The Morgan fingerprint density at radius 3 is 2.62 bits per heavy atom. The van der Waals surface area contributed by atoms with Crippen LogP contribution >= 0.6 is 0 Å². The summed E-state index contributed by atoms with van der Waals surface area (Å²) in [4.78, 5) is 10.8. The van der Waals surface area contributed by atoms with Crippen molar-refractivity contribution in [1.29, 1.82) is 0 Å². The van der Waals surface area contributed by atoms with Crippen molar-refractivity contribution in [2.24, 2.45) is 0 Å². The molecule has 0 aliphatic carbocycles. The van der Waals surface area contributed by atoms with Crippen LogP contribution in [0.5, 0.6) is 0 Å². The summed E-state index contributed by atoms with van der Waals surface area (Å²) >= 11 is 0. The minimum absolute atomic E-state index is 0.0105. The van der Waals surface area contributed by atoms with E-state index >= 15 is 0 Å². The van der Waals surface area contributed by atoms with Crippen molar-refractivity contribution in [1.82, 2.24) is 5.16 Å². The summed E-state index contributed by atoms with van der Waals surface area (Å²) in [6, 6.07) is 11.1. The topological polar surface area (TPSA) is 63.3 Å². The molecule has 1 aromatic carbocycles. The van der Waals surface area contributed by atoms with Crippen LogP contribution in [0.15, 0.2) is 47.2 Å². The molecule has 0 radical (unpaired) electrons. The van der Waals surface area contributed by atoms with Crippen LogP contribution in [0.25, 0.3) is 0 Å². The van der Waals surface area contributed by atoms with Crippen molar-refractivity contribution >= 4 is 5.97 Å². The normalized spacial score (nSPS) is 12.2. The van der Waals surface area contributed by atoms with Crippen LogP contribution in [0.2, 0.25) is 0 Å². The first-order chi connectivity index (χ1) is 7.77. The molecule has 4 nitrogen and oxygen atoms in total. The number of aliphatic carboxylic acids is 1. The third kappa shape index (κ3) is 2.28. The zero-order valence-corrected chi connectivity index (χ0v) is 8.54. The van der Waals surface area contributed by atoms with E-state index in [1.54, 1.807) is 6.07 Å². The molecule has 0 bridgehead atoms. The highest BCUT2D eigenvalue weighted by Gasteiger charge is 2.19. The Hall–Kier alpha value is -2.10. The quantitative estimate of drug-likeness (QED) is 0.853. The van der Waals surface area contributed by atoms with E-state index in [4.69, 9.17) is 9.63 Å². The van der Waals surface area contributed by atoms with Gasteiger partial charge in [-0.25, -0.2) is 0 Å². The van der Waals surface area contributed by atoms with Crippen molar-refractivity contribution in [2.45, 2.75) is 12.3 Å². The minimum Gasteiger partial charge on any atom is -0.481 e. The van der Waals surface area contributed by atoms with Gasteiger partial charge >= 0.3 is 5.97 Å². The Balaban J connectivity index is 2.32. The second-order valence-electron chi connectivity index (χ2n) is 3.49. The molecular weight excluding hydrogens is 206 g/mol. The van der Waals surface area contributed by atoms with Crippen LogP contribution in [0.3, 0.4) is 0 Å². The first kappa shape index (κ1) is 10.4. The molecule has 1 aromatic heterocycles. The van der Waals surface area contributed by atoms with E-state index in [0.29, 0.717) is 5.69 Å². The van der Waals surface area contributed by atoms with Gasteiger partial charge in [0.15, 0.2) is 0 Å². The van der Waals surface area contributed by atoms with Crippen LogP contribution in [0.4, 0.5) is 0 Å². The molecule has 1 atom stereocenters. The third-order valence-electron chi connectivity index (χ3n) is 2.40.